The summed E-state index contributed by atoms with van der Waals surface area (Å²) in [7, 11) is 0. The van der Waals surface area contributed by atoms with Crippen molar-refractivity contribution in [3.63, 3.8) is 0 Å². The number of rotatable bonds is 4. The molecule has 4 atom stereocenters. The van der Waals surface area contributed by atoms with Gasteiger partial charge in [0.2, 0.25) is 5.91 Å². The predicted molar refractivity (Wildman–Crippen MR) is 115 cm³/mol. The molecule has 0 radical (unpaired) electrons. The number of amides is 1. The van der Waals surface area contributed by atoms with Crippen molar-refractivity contribution in [1.82, 2.24) is 10.2 Å². The van der Waals surface area contributed by atoms with Crippen LogP contribution in [0.1, 0.15) is 68.1 Å². The van der Waals surface area contributed by atoms with Crippen LogP contribution < -0.4 is 5.32 Å². The van der Waals surface area contributed by atoms with Crippen molar-refractivity contribution >= 4 is 5.91 Å². The first-order valence-corrected chi connectivity index (χ1v) is 12.3. The number of carbonyl (C=O) groups excluding carboxylic acids is 1. The molecule has 3 saturated carbocycles. The number of piperidine rings is 1. The summed E-state index contributed by atoms with van der Waals surface area (Å²) in [5.41, 5.74) is 4.28. The lowest BCUT2D eigenvalue weighted by atomic mass is 9.45. The number of likely N-dealkylation sites (tertiary alicyclic amines) is 1. The monoisotopic (exact) mass is 406 g/mol. The highest BCUT2D eigenvalue weighted by molar-refractivity contribution is 5.81. The van der Waals surface area contributed by atoms with Crippen molar-refractivity contribution in [2.24, 2.45) is 11.8 Å². The summed E-state index contributed by atoms with van der Waals surface area (Å²) < 4.78 is 7.00. The summed E-state index contributed by atoms with van der Waals surface area (Å²) in [5.74, 6) is 1.46. The number of hydrogen-bond acceptors (Lipinski definition) is 3. The van der Waals surface area contributed by atoms with Crippen molar-refractivity contribution in [2.75, 3.05) is 19.7 Å². The van der Waals surface area contributed by atoms with Gasteiger partial charge in [0, 0.05) is 23.9 Å². The standard InChI is InChI=1S/C26H34N2O2/c1-17-2-5-20-13-22-26-9-8-24(16-30-26,27-23(29)19-6-7-19)15-25(26,21(20)12-17)10-11-28(22)14-18-3-4-18/h2,5,12,18-19,22H,3-4,6-11,13-16H2,1H3,(H,27,29)/t22-,24?,25-,26-/m1/s1. The molecule has 3 saturated heterocycles. The lowest BCUT2D eigenvalue weighted by Gasteiger charge is -2.71. The Labute approximate surface area is 179 Å². The Morgan fingerprint density at radius 3 is 2.80 bits per heavy atom. The minimum absolute atomic E-state index is 0.0602. The lowest BCUT2D eigenvalue weighted by molar-refractivity contribution is -0.262. The molecule has 1 amide bonds. The van der Waals surface area contributed by atoms with Crippen molar-refractivity contribution in [2.45, 2.75) is 87.3 Å². The van der Waals surface area contributed by atoms with Gasteiger partial charge >= 0.3 is 0 Å². The van der Waals surface area contributed by atoms with Crippen molar-refractivity contribution in [1.29, 1.82) is 0 Å². The van der Waals surface area contributed by atoms with Crippen LogP contribution in [0.15, 0.2) is 18.2 Å². The molecule has 8 rings (SSSR count). The molecule has 1 N–H and O–H groups in total. The highest BCUT2D eigenvalue weighted by Gasteiger charge is 2.71. The molecule has 3 heterocycles. The van der Waals surface area contributed by atoms with E-state index in [2.05, 4.69) is 35.3 Å². The zero-order valence-corrected chi connectivity index (χ0v) is 18.2. The lowest BCUT2D eigenvalue weighted by Crippen LogP contribution is -2.81. The summed E-state index contributed by atoms with van der Waals surface area (Å²) in [6, 6.07) is 7.65. The Balaban J connectivity index is 1.33. The predicted octanol–water partition coefficient (Wildman–Crippen LogP) is 3.49. The largest absolute Gasteiger partial charge is 0.370 e. The van der Waals surface area contributed by atoms with Crippen LogP contribution in [0.4, 0.5) is 0 Å². The van der Waals surface area contributed by atoms with Gasteiger partial charge in [0.15, 0.2) is 0 Å². The molecule has 4 heteroatoms. The third-order valence-electron chi connectivity index (χ3n) is 9.56. The van der Waals surface area contributed by atoms with Gasteiger partial charge in [-0.15, -0.1) is 0 Å². The molecule has 4 nitrogen and oxygen atoms in total. The summed E-state index contributed by atoms with van der Waals surface area (Å²) in [5, 5.41) is 3.53. The second kappa shape index (κ2) is 5.89. The third kappa shape index (κ3) is 2.38. The van der Waals surface area contributed by atoms with E-state index in [1.807, 2.05) is 0 Å². The van der Waals surface area contributed by atoms with Gasteiger partial charge in [0.25, 0.3) is 0 Å². The zero-order valence-electron chi connectivity index (χ0n) is 18.2. The molecule has 1 aromatic carbocycles. The maximum absolute atomic E-state index is 12.8. The molecule has 1 unspecified atom stereocenters. The minimum Gasteiger partial charge on any atom is -0.370 e. The Morgan fingerprint density at radius 1 is 1.20 bits per heavy atom. The zero-order chi connectivity index (χ0) is 20.1. The van der Waals surface area contributed by atoms with E-state index in [9.17, 15) is 4.79 Å². The van der Waals surface area contributed by atoms with Crippen LogP contribution in [0, 0.1) is 18.8 Å². The number of benzene rings is 1. The summed E-state index contributed by atoms with van der Waals surface area (Å²) >= 11 is 0. The van der Waals surface area contributed by atoms with E-state index in [1.165, 1.54) is 43.5 Å². The van der Waals surface area contributed by atoms with E-state index in [0.29, 0.717) is 12.6 Å². The third-order valence-corrected chi connectivity index (χ3v) is 9.56. The van der Waals surface area contributed by atoms with Gasteiger partial charge in [-0.2, -0.15) is 0 Å². The maximum Gasteiger partial charge on any atom is 0.223 e. The number of fused-ring (bicyclic) bond motifs is 3. The number of ether oxygens (including phenoxy) is 1. The normalized spacial score (nSPS) is 41.8. The molecule has 1 spiro atoms. The summed E-state index contributed by atoms with van der Waals surface area (Å²) in [6.07, 6.45) is 10.5. The van der Waals surface area contributed by atoms with Gasteiger partial charge in [0.05, 0.1) is 17.7 Å². The molecule has 30 heavy (non-hydrogen) atoms. The van der Waals surface area contributed by atoms with Crippen LogP contribution in [-0.2, 0) is 21.4 Å². The van der Waals surface area contributed by atoms with Gasteiger partial charge in [-0.25, -0.2) is 0 Å². The van der Waals surface area contributed by atoms with Gasteiger partial charge in [-0.3, -0.25) is 9.69 Å². The molecule has 4 aliphatic carbocycles. The molecule has 6 fully saturated rings. The number of nitrogens with zero attached hydrogens (tertiary/aromatic N) is 1. The van der Waals surface area contributed by atoms with Gasteiger partial charge in [0.1, 0.15) is 0 Å². The fourth-order valence-corrected chi connectivity index (χ4v) is 7.72. The molecule has 160 valence electrons. The SMILES string of the molecule is Cc1ccc2c(c1)[C@]13CCN(CC4CC4)[C@H](C2)[C@]12CCC(NC(=O)C1CC1)(CO2)C3. The summed E-state index contributed by atoms with van der Waals surface area (Å²) in [6.45, 7) is 5.38. The van der Waals surface area contributed by atoms with Crippen molar-refractivity contribution < 1.29 is 9.53 Å². The number of hydrogen-bond donors (Lipinski definition) is 1. The molecule has 4 bridgehead atoms. The van der Waals surface area contributed by atoms with Crippen LogP contribution in [0.5, 0.6) is 0 Å². The second-order valence-corrected chi connectivity index (χ2v) is 11.5. The van der Waals surface area contributed by atoms with Crippen molar-refractivity contribution in [3.05, 3.63) is 34.9 Å². The molecule has 1 aromatic rings. The fraction of sp³-hybridized carbons (Fsp3) is 0.731. The average molecular weight is 407 g/mol. The quantitative estimate of drug-likeness (QED) is 0.832. The molecular weight excluding hydrogens is 372 g/mol. The highest BCUT2D eigenvalue weighted by Crippen LogP contribution is 2.64. The van der Waals surface area contributed by atoms with Crippen molar-refractivity contribution in [3.8, 4) is 0 Å². The fourth-order valence-electron chi connectivity index (χ4n) is 7.72. The Kier molecular flexibility index (Phi) is 3.58. The van der Waals surface area contributed by atoms with E-state index >= 15 is 0 Å². The molecule has 3 aliphatic heterocycles. The molecular formula is C26H34N2O2. The molecule has 0 aromatic heterocycles. The van der Waals surface area contributed by atoms with E-state index < -0.39 is 0 Å². The average Bonchev–Trinajstić information content (AvgIpc) is 3.64. The first-order chi connectivity index (χ1) is 14.5. The summed E-state index contributed by atoms with van der Waals surface area (Å²) in [4.78, 5) is 15.6. The van der Waals surface area contributed by atoms with E-state index in [4.69, 9.17) is 4.74 Å². The topological polar surface area (TPSA) is 41.6 Å². The van der Waals surface area contributed by atoms with Crippen LogP contribution in [-0.4, -0.2) is 47.7 Å². The first-order valence-electron chi connectivity index (χ1n) is 12.3. The number of aryl methyl sites for hydroxylation is 1. The second-order valence-electron chi connectivity index (χ2n) is 11.5. The van der Waals surface area contributed by atoms with Gasteiger partial charge in [-0.05, 0) is 88.3 Å². The Bertz CT molecular complexity index is 910. The number of carbonyl (C=O) groups is 1. The minimum atomic E-state index is -0.164. The Hall–Kier alpha value is -1.39. The maximum atomic E-state index is 12.8. The van der Waals surface area contributed by atoms with Crippen LogP contribution in [0.25, 0.3) is 0 Å². The number of nitrogens with one attached hydrogen (secondary N) is 1. The van der Waals surface area contributed by atoms with E-state index in [1.54, 1.807) is 5.56 Å². The molecule has 7 aliphatic rings. The highest BCUT2D eigenvalue weighted by atomic mass is 16.5. The Morgan fingerprint density at radius 2 is 2.07 bits per heavy atom. The van der Waals surface area contributed by atoms with Gasteiger partial charge in [-0.1, -0.05) is 23.8 Å². The van der Waals surface area contributed by atoms with Crippen LogP contribution >= 0.6 is 0 Å². The van der Waals surface area contributed by atoms with E-state index in [0.717, 1.165) is 44.4 Å². The first kappa shape index (κ1) is 18.2. The van der Waals surface area contributed by atoms with Crippen LogP contribution in [0.3, 0.4) is 0 Å². The van der Waals surface area contributed by atoms with Gasteiger partial charge < -0.3 is 10.1 Å². The smallest absolute Gasteiger partial charge is 0.223 e. The van der Waals surface area contributed by atoms with Crippen LogP contribution in [0.2, 0.25) is 0 Å². The van der Waals surface area contributed by atoms with E-state index in [-0.39, 0.29) is 28.4 Å².